The van der Waals surface area contributed by atoms with E-state index >= 15 is 0 Å². The fourth-order valence-electron chi connectivity index (χ4n) is 4.48. The minimum Gasteiger partial charge on any atom is -0.458 e. The Kier molecular flexibility index (Phi) is 8.62. The molecule has 3 aromatic heterocycles. The maximum Gasteiger partial charge on any atom is 0.323 e. The number of nitrogens with zero attached hydrogens (tertiary/aromatic N) is 6. The number of hydrogen-bond donors (Lipinski definition) is 3. The number of aromatic amines is 2. The summed E-state index contributed by atoms with van der Waals surface area (Å²) in [5.41, 5.74) is 10.7. The van der Waals surface area contributed by atoms with Crippen molar-refractivity contribution in [2.75, 3.05) is 0 Å². The highest BCUT2D eigenvalue weighted by Crippen LogP contribution is 2.30. The Bertz CT molecular complexity index is 1530. The third-order valence-corrected chi connectivity index (χ3v) is 6.90. The predicted octanol–water partition coefficient (Wildman–Crippen LogP) is 4.11. The summed E-state index contributed by atoms with van der Waals surface area (Å²) in [5.74, 6) is 1.48. The van der Waals surface area contributed by atoms with E-state index in [4.69, 9.17) is 22.1 Å². The number of aryl methyl sites for hydroxylation is 1. The molecule has 3 heterocycles. The van der Waals surface area contributed by atoms with Gasteiger partial charge in [-0.3, -0.25) is 4.79 Å². The summed E-state index contributed by atoms with van der Waals surface area (Å²) in [4.78, 5) is 24.3. The van der Waals surface area contributed by atoms with Gasteiger partial charge in [-0.2, -0.15) is 5.21 Å². The van der Waals surface area contributed by atoms with E-state index in [1.54, 1.807) is 12.4 Å². The molecule has 0 bridgehead atoms. The lowest BCUT2D eigenvalue weighted by atomic mass is 9.98. The van der Waals surface area contributed by atoms with Gasteiger partial charge in [0.25, 0.3) is 0 Å². The Balaban J connectivity index is 1.34. The third-order valence-electron chi connectivity index (χ3n) is 6.60. The molecule has 40 heavy (non-hydrogen) atoms. The number of nitrogens with two attached hydrogens (primary N) is 1. The van der Waals surface area contributed by atoms with Crippen LogP contribution >= 0.6 is 11.6 Å². The van der Waals surface area contributed by atoms with Crippen molar-refractivity contribution in [1.82, 2.24) is 40.1 Å². The van der Waals surface area contributed by atoms with Gasteiger partial charge >= 0.3 is 5.97 Å². The number of carbonyl (C=O) groups excluding carboxylic acids is 1. The Labute approximate surface area is 236 Å². The number of H-pyrrole nitrogens is 2. The highest BCUT2D eigenvalue weighted by Gasteiger charge is 2.21. The van der Waals surface area contributed by atoms with Gasteiger partial charge in [0.15, 0.2) is 5.15 Å². The van der Waals surface area contributed by atoms with Crippen molar-refractivity contribution >= 4 is 17.6 Å². The number of halogens is 1. The van der Waals surface area contributed by atoms with Crippen molar-refractivity contribution in [2.24, 2.45) is 5.73 Å². The highest BCUT2D eigenvalue weighted by molar-refractivity contribution is 6.30. The second-order valence-corrected chi connectivity index (χ2v) is 9.75. The van der Waals surface area contributed by atoms with Gasteiger partial charge in [-0.15, -0.1) is 10.2 Å². The molecule has 12 heteroatoms. The second-order valence-electron chi connectivity index (χ2n) is 9.39. The number of rotatable bonds is 12. The first-order valence-electron chi connectivity index (χ1n) is 13.1. The van der Waals surface area contributed by atoms with Gasteiger partial charge in [0.1, 0.15) is 24.3 Å². The van der Waals surface area contributed by atoms with Crippen molar-refractivity contribution in [2.45, 2.75) is 51.8 Å². The number of carbonyl (C=O) groups is 1. The second kappa shape index (κ2) is 12.7. The molecule has 4 N–H and O–H groups in total. The zero-order valence-corrected chi connectivity index (χ0v) is 22.8. The first kappa shape index (κ1) is 27.2. The normalized spacial score (nSPS) is 12.0. The van der Waals surface area contributed by atoms with Gasteiger partial charge in [0, 0.05) is 37.3 Å². The molecule has 0 fully saturated rings. The lowest BCUT2D eigenvalue weighted by Gasteiger charge is -2.15. The van der Waals surface area contributed by atoms with Gasteiger partial charge in [-0.05, 0) is 28.3 Å². The summed E-state index contributed by atoms with van der Waals surface area (Å²) in [5, 5.41) is 14.8. The number of tetrazole rings is 1. The molecule has 0 amide bonds. The fraction of sp³-hybridized carbons (Fsp3) is 0.286. The van der Waals surface area contributed by atoms with Crippen molar-refractivity contribution < 1.29 is 9.53 Å². The van der Waals surface area contributed by atoms with E-state index in [-0.39, 0.29) is 13.0 Å². The molecule has 5 rings (SSSR count). The maximum absolute atomic E-state index is 12.6. The van der Waals surface area contributed by atoms with Crippen LogP contribution in [-0.2, 0) is 35.5 Å². The first-order valence-corrected chi connectivity index (χ1v) is 13.5. The molecule has 5 aromatic rings. The largest absolute Gasteiger partial charge is 0.458 e. The molecular weight excluding hydrogens is 530 g/mol. The Morgan fingerprint density at radius 2 is 1.95 bits per heavy atom. The van der Waals surface area contributed by atoms with Crippen LogP contribution in [0, 0.1) is 0 Å². The van der Waals surface area contributed by atoms with E-state index in [9.17, 15) is 4.79 Å². The Morgan fingerprint density at radius 3 is 2.65 bits per heavy atom. The van der Waals surface area contributed by atoms with E-state index in [0.29, 0.717) is 29.0 Å². The maximum atomic E-state index is 12.6. The van der Waals surface area contributed by atoms with Crippen LogP contribution in [0.15, 0.2) is 60.9 Å². The summed E-state index contributed by atoms with van der Waals surface area (Å²) in [6.45, 7) is 2.62. The number of imidazole rings is 2. The lowest BCUT2D eigenvalue weighted by Crippen LogP contribution is -2.34. The molecule has 206 valence electrons. The quantitative estimate of drug-likeness (QED) is 0.193. The molecular formula is C28H30ClN9O2. The molecule has 0 spiro atoms. The van der Waals surface area contributed by atoms with Crippen LogP contribution in [-0.4, -0.2) is 52.2 Å². The molecule has 1 atom stereocenters. The summed E-state index contributed by atoms with van der Waals surface area (Å²) < 4.78 is 7.60. The Hall–Kier alpha value is -4.35. The van der Waals surface area contributed by atoms with Gasteiger partial charge in [-0.1, -0.05) is 73.5 Å². The minimum atomic E-state index is -0.844. The van der Waals surface area contributed by atoms with Crippen LogP contribution in [0.1, 0.15) is 42.7 Å². The van der Waals surface area contributed by atoms with Gasteiger partial charge in [-0.25, -0.2) is 9.97 Å². The molecule has 2 aromatic carbocycles. The first-order chi connectivity index (χ1) is 19.5. The highest BCUT2D eigenvalue weighted by atomic mass is 35.5. The fourth-order valence-corrected chi connectivity index (χ4v) is 4.74. The monoisotopic (exact) mass is 559 g/mol. The predicted molar refractivity (Wildman–Crippen MR) is 150 cm³/mol. The summed E-state index contributed by atoms with van der Waals surface area (Å²) in [7, 11) is 0. The minimum absolute atomic E-state index is 0.0290. The molecule has 0 saturated heterocycles. The van der Waals surface area contributed by atoms with Crippen LogP contribution in [0.2, 0.25) is 5.15 Å². The van der Waals surface area contributed by atoms with E-state index in [1.165, 1.54) is 0 Å². The molecule has 0 saturated carbocycles. The van der Waals surface area contributed by atoms with Crippen molar-refractivity contribution in [3.8, 4) is 22.5 Å². The zero-order valence-electron chi connectivity index (χ0n) is 22.0. The third kappa shape index (κ3) is 6.27. The van der Waals surface area contributed by atoms with E-state index in [1.807, 2.05) is 28.8 Å². The Morgan fingerprint density at radius 1 is 1.15 bits per heavy atom. The van der Waals surface area contributed by atoms with E-state index in [0.717, 1.165) is 47.3 Å². The van der Waals surface area contributed by atoms with Crippen LogP contribution in [0.25, 0.3) is 22.5 Å². The van der Waals surface area contributed by atoms with Crippen molar-refractivity contribution in [3.05, 3.63) is 89.0 Å². The number of benzene rings is 2. The number of ether oxygens (including phenoxy) is 1. The van der Waals surface area contributed by atoms with E-state index in [2.05, 4.69) is 66.8 Å². The number of unbranched alkanes of at least 4 members (excludes halogenated alkanes) is 1. The average Bonchev–Trinajstić information content (AvgIpc) is 3.74. The van der Waals surface area contributed by atoms with Crippen LogP contribution in [0.5, 0.6) is 0 Å². The van der Waals surface area contributed by atoms with Crippen LogP contribution in [0.3, 0.4) is 0 Å². The average molecular weight is 560 g/mol. The van der Waals surface area contributed by atoms with Crippen molar-refractivity contribution in [1.29, 1.82) is 0 Å². The van der Waals surface area contributed by atoms with Gasteiger partial charge in [0.2, 0.25) is 5.82 Å². The zero-order chi connectivity index (χ0) is 27.9. The number of aromatic nitrogens is 8. The summed E-state index contributed by atoms with van der Waals surface area (Å²) in [6, 6.07) is 15.3. The summed E-state index contributed by atoms with van der Waals surface area (Å²) in [6.07, 6.45) is 6.30. The number of nitrogens with one attached hydrogen (secondary N) is 2. The standard InChI is InChI=1S/C28H30ClN9O2/c1-2-3-8-25-33-26(29)23(17-40-28(39)22(30)15-24-31-13-14-32-24)38(25)16-18-9-11-19(12-10-18)20-6-4-5-7-21(20)27-34-36-37-35-27/h4-7,9-14,22H,2-3,8,15-17,30H2,1H3,(H,31,32)(H,34,35,36,37)/t22-/m1/s1. The van der Waals surface area contributed by atoms with Crippen LogP contribution in [0.4, 0.5) is 0 Å². The topological polar surface area (TPSA) is 153 Å². The molecule has 0 radical (unpaired) electrons. The van der Waals surface area contributed by atoms with Crippen molar-refractivity contribution in [3.63, 3.8) is 0 Å². The van der Waals surface area contributed by atoms with Crippen LogP contribution < -0.4 is 5.73 Å². The number of esters is 1. The molecule has 11 nitrogen and oxygen atoms in total. The van der Waals surface area contributed by atoms with E-state index < -0.39 is 12.0 Å². The smallest absolute Gasteiger partial charge is 0.323 e. The molecule has 0 aliphatic carbocycles. The SMILES string of the molecule is CCCCc1nc(Cl)c(COC(=O)[C@H](N)Cc2ncc[nH]2)n1Cc1ccc(-c2ccccc2-c2nn[nH]n2)cc1. The molecule has 0 unspecified atom stereocenters. The molecule has 0 aliphatic heterocycles. The van der Waals surface area contributed by atoms with Gasteiger partial charge < -0.3 is 20.0 Å². The molecule has 0 aliphatic rings. The number of hydrogen-bond acceptors (Lipinski definition) is 8. The lowest BCUT2D eigenvalue weighted by molar-refractivity contribution is -0.146. The van der Waals surface area contributed by atoms with Gasteiger partial charge in [0.05, 0.1) is 5.69 Å². The summed E-state index contributed by atoms with van der Waals surface area (Å²) >= 11 is 6.56.